The van der Waals surface area contributed by atoms with Crippen LogP contribution in [-0.4, -0.2) is 32.4 Å². The Morgan fingerprint density at radius 1 is 1.42 bits per heavy atom. The van der Waals surface area contributed by atoms with Crippen molar-refractivity contribution in [3.63, 3.8) is 0 Å². The first-order valence-electron chi connectivity index (χ1n) is 6.04. The third-order valence-electron chi connectivity index (χ3n) is 2.78. The fourth-order valence-corrected chi connectivity index (χ4v) is 2.49. The lowest BCUT2D eigenvalue weighted by molar-refractivity contribution is 0.0910. The molecule has 2 rings (SSSR count). The minimum Gasteiger partial charge on any atom is -0.451 e. The van der Waals surface area contributed by atoms with Crippen molar-refractivity contribution in [2.45, 2.75) is 5.75 Å². The SMILES string of the molecule is COCCNC(=O)c1oc2ccccc2c1CSC. The molecule has 1 heterocycles. The van der Waals surface area contributed by atoms with Gasteiger partial charge in [0.2, 0.25) is 0 Å². The van der Waals surface area contributed by atoms with Gasteiger partial charge in [-0.15, -0.1) is 0 Å². The molecule has 1 N–H and O–H groups in total. The Balaban J connectivity index is 2.30. The number of furan rings is 1. The van der Waals surface area contributed by atoms with E-state index in [0.29, 0.717) is 18.9 Å². The van der Waals surface area contributed by atoms with E-state index in [1.165, 1.54) is 0 Å². The molecule has 0 aliphatic heterocycles. The predicted molar refractivity (Wildman–Crippen MR) is 77.6 cm³/mol. The first kappa shape index (κ1) is 14.0. The number of ether oxygens (including phenoxy) is 1. The van der Waals surface area contributed by atoms with Gasteiger partial charge in [-0.2, -0.15) is 11.8 Å². The van der Waals surface area contributed by atoms with Crippen LogP contribution >= 0.6 is 11.8 Å². The largest absolute Gasteiger partial charge is 0.451 e. The molecule has 0 aliphatic carbocycles. The van der Waals surface area contributed by atoms with Gasteiger partial charge in [-0.1, -0.05) is 18.2 Å². The molecule has 19 heavy (non-hydrogen) atoms. The minimum atomic E-state index is -0.183. The summed E-state index contributed by atoms with van der Waals surface area (Å²) in [5.74, 6) is 0.980. The number of nitrogens with one attached hydrogen (secondary N) is 1. The van der Waals surface area contributed by atoms with Crippen LogP contribution in [0.3, 0.4) is 0 Å². The molecule has 0 bridgehead atoms. The van der Waals surface area contributed by atoms with Crippen LogP contribution in [0.15, 0.2) is 28.7 Å². The molecule has 1 aromatic carbocycles. The summed E-state index contributed by atoms with van der Waals surface area (Å²) in [6.07, 6.45) is 2.01. The van der Waals surface area contributed by atoms with E-state index >= 15 is 0 Å². The summed E-state index contributed by atoms with van der Waals surface area (Å²) in [7, 11) is 1.60. The summed E-state index contributed by atoms with van der Waals surface area (Å²) in [6, 6.07) is 7.72. The van der Waals surface area contributed by atoms with Crippen molar-refractivity contribution in [2.24, 2.45) is 0 Å². The quantitative estimate of drug-likeness (QED) is 0.826. The Labute approximate surface area is 116 Å². The molecular formula is C14H17NO3S. The van der Waals surface area contributed by atoms with Crippen molar-refractivity contribution in [3.8, 4) is 0 Å². The highest BCUT2D eigenvalue weighted by Crippen LogP contribution is 2.28. The normalized spacial score (nSPS) is 10.8. The van der Waals surface area contributed by atoms with Gasteiger partial charge < -0.3 is 14.5 Å². The Kier molecular flexibility index (Phi) is 4.87. The zero-order chi connectivity index (χ0) is 13.7. The van der Waals surface area contributed by atoms with Gasteiger partial charge in [0.05, 0.1) is 6.61 Å². The second kappa shape index (κ2) is 6.63. The number of methoxy groups -OCH3 is 1. The maximum absolute atomic E-state index is 12.1. The van der Waals surface area contributed by atoms with E-state index in [4.69, 9.17) is 9.15 Å². The van der Waals surface area contributed by atoms with E-state index < -0.39 is 0 Å². The van der Waals surface area contributed by atoms with E-state index in [-0.39, 0.29) is 5.91 Å². The Bertz CT molecular complexity index is 565. The maximum atomic E-state index is 12.1. The fourth-order valence-electron chi connectivity index (χ4n) is 1.92. The lowest BCUT2D eigenvalue weighted by Gasteiger charge is -2.03. The summed E-state index contributed by atoms with van der Waals surface area (Å²) in [4.78, 5) is 12.1. The molecule has 5 heteroatoms. The van der Waals surface area contributed by atoms with E-state index in [2.05, 4.69) is 5.32 Å². The van der Waals surface area contributed by atoms with Crippen molar-refractivity contribution < 1.29 is 13.9 Å². The standard InChI is InChI=1S/C14H17NO3S/c1-17-8-7-15-14(16)13-11(9-19-2)10-5-3-4-6-12(10)18-13/h3-6H,7-9H2,1-2H3,(H,15,16). The predicted octanol–water partition coefficient (Wildman–Crippen LogP) is 2.67. The number of rotatable bonds is 6. The number of para-hydroxylation sites is 1. The van der Waals surface area contributed by atoms with E-state index in [1.54, 1.807) is 18.9 Å². The van der Waals surface area contributed by atoms with Crippen LogP contribution in [0.2, 0.25) is 0 Å². The van der Waals surface area contributed by atoms with Crippen LogP contribution < -0.4 is 5.32 Å². The molecule has 0 atom stereocenters. The summed E-state index contributed by atoms with van der Waals surface area (Å²) >= 11 is 1.67. The second-order valence-corrected chi connectivity index (χ2v) is 4.95. The zero-order valence-electron chi connectivity index (χ0n) is 11.1. The average molecular weight is 279 g/mol. The molecule has 0 radical (unpaired) electrons. The van der Waals surface area contributed by atoms with Crippen molar-refractivity contribution in [2.75, 3.05) is 26.5 Å². The van der Waals surface area contributed by atoms with Crippen LogP contribution in [-0.2, 0) is 10.5 Å². The minimum absolute atomic E-state index is 0.183. The summed E-state index contributed by atoms with van der Waals surface area (Å²) in [5, 5.41) is 3.80. The topological polar surface area (TPSA) is 51.5 Å². The molecule has 102 valence electrons. The van der Waals surface area contributed by atoms with Gasteiger partial charge in [-0.05, 0) is 12.3 Å². The number of carbonyl (C=O) groups excluding carboxylic acids is 1. The van der Waals surface area contributed by atoms with Crippen molar-refractivity contribution in [1.29, 1.82) is 0 Å². The number of carbonyl (C=O) groups is 1. The van der Waals surface area contributed by atoms with Gasteiger partial charge in [0.1, 0.15) is 5.58 Å². The second-order valence-electron chi connectivity index (χ2n) is 4.09. The number of fused-ring (bicyclic) bond motifs is 1. The third kappa shape index (κ3) is 3.11. The molecule has 1 aromatic heterocycles. The van der Waals surface area contributed by atoms with Crippen LogP contribution in [0.4, 0.5) is 0 Å². The number of hydrogen-bond donors (Lipinski definition) is 1. The maximum Gasteiger partial charge on any atom is 0.287 e. The molecule has 1 amide bonds. The molecule has 0 unspecified atom stereocenters. The highest BCUT2D eigenvalue weighted by Gasteiger charge is 2.19. The van der Waals surface area contributed by atoms with Gasteiger partial charge >= 0.3 is 0 Å². The van der Waals surface area contributed by atoms with Gasteiger partial charge in [0, 0.05) is 30.4 Å². The van der Waals surface area contributed by atoms with E-state index in [1.807, 2.05) is 30.5 Å². The van der Waals surface area contributed by atoms with Crippen LogP contribution in [0.1, 0.15) is 16.1 Å². The average Bonchev–Trinajstić information content (AvgIpc) is 2.79. The van der Waals surface area contributed by atoms with Crippen LogP contribution in [0.5, 0.6) is 0 Å². The van der Waals surface area contributed by atoms with Crippen molar-refractivity contribution in [3.05, 3.63) is 35.6 Å². The molecule has 0 fully saturated rings. The molecule has 2 aromatic rings. The number of benzene rings is 1. The van der Waals surface area contributed by atoms with E-state index in [0.717, 1.165) is 22.3 Å². The monoisotopic (exact) mass is 279 g/mol. The smallest absolute Gasteiger partial charge is 0.287 e. The molecule has 4 nitrogen and oxygen atoms in total. The van der Waals surface area contributed by atoms with Gasteiger partial charge in [-0.25, -0.2) is 0 Å². The summed E-state index contributed by atoms with van der Waals surface area (Å²) in [6.45, 7) is 0.967. The molecule has 0 spiro atoms. The summed E-state index contributed by atoms with van der Waals surface area (Å²) < 4.78 is 10.6. The molecule has 0 saturated carbocycles. The Morgan fingerprint density at radius 3 is 2.95 bits per heavy atom. The van der Waals surface area contributed by atoms with Crippen LogP contribution in [0, 0.1) is 0 Å². The zero-order valence-corrected chi connectivity index (χ0v) is 11.9. The summed E-state index contributed by atoms with van der Waals surface area (Å²) in [5.41, 5.74) is 1.71. The first-order chi connectivity index (χ1) is 9.27. The third-order valence-corrected chi connectivity index (χ3v) is 3.36. The van der Waals surface area contributed by atoms with Crippen LogP contribution in [0.25, 0.3) is 11.0 Å². The van der Waals surface area contributed by atoms with Crippen molar-refractivity contribution in [1.82, 2.24) is 5.32 Å². The Hall–Kier alpha value is -1.46. The molecular weight excluding hydrogens is 262 g/mol. The van der Waals surface area contributed by atoms with Gasteiger partial charge in [0.15, 0.2) is 5.76 Å². The highest BCUT2D eigenvalue weighted by molar-refractivity contribution is 7.97. The Morgan fingerprint density at radius 2 is 2.21 bits per heavy atom. The van der Waals surface area contributed by atoms with Crippen molar-refractivity contribution >= 4 is 28.6 Å². The highest BCUT2D eigenvalue weighted by atomic mass is 32.2. The molecule has 0 saturated heterocycles. The lowest BCUT2D eigenvalue weighted by Crippen LogP contribution is -2.27. The van der Waals surface area contributed by atoms with Gasteiger partial charge in [0.25, 0.3) is 5.91 Å². The molecule has 0 aliphatic rings. The number of hydrogen-bond acceptors (Lipinski definition) is 4. The van der Waals surface area contributed by atoms with E-state index in [9.17, 15) is 4.79 Å². The fraction of sp³-hybridized carbons (Fsp3) is 0.357. The number of amides is 1. The van der Waals surface area contributed by atoms with Gasteiger partial charge in [-0.3, -0.25) is 4.79 Å². The number of thioether (sulfide) groups is 1. The lowest BCUT2D eigenvalue weighted by atomic mass is 10.1. The first-order valence-corrected chi connectivity index (χ1v) is 7.43.